The quantitative estimate of drug-likeness (QED) is 0.450. The van der Waals surface area contributed by atoms with Crippen LogP contribution in [-0.2, 0) is 13.2 Å². The molecule has 4 rings (SSSR count). The van der Waals surface area contributed by atoms with Gasteiger partial charge in [0.15, 0.2) is 6.61 Å². The predicted molar refractivity (Wildman–Crippen MR) is 111 cm³/mol. The van der Waals surface area contributed by atoms with Crippen molar-refractivity contribution in [3.8, 4) is 5.75 Å². The Morgan fingerprint density at radius 3 is 2.37 bits per heavy atom. The smallest absolute Gasteiger partial charge is 0.240 e. The maximum absolute atomic E-state index is 13.0. The number of ether oxygens (including phenoxy) is 1. The largest absolute Gasteiger partial charge is 0.485 e. The van der Waals surface area contributed by atoms with Crippen molar-refractivity contribution in [1.82, 2.24) is 15.5 Å². The van der Waals surface area contributed by atoms with Crippen molar-refractivity contribution in [2.45, 2.75) is 26.1 Å². The van der Waals surface area contributed by atoms with Crippen LogP contribution in [0.4, 0.5) is 4.39 Å². The van der Waals surface area contributed by atoms with E-state index in [0.29, 0.717) is 24.0 Å². The topological polar surface area (TPSA) is 60.2 Å². The predicted octanol–water partition coefficient (Wildman–Crippen LogP) is 4.98. The molecule has 0 amide bonds. The summed E-state index contributed by atoms with van der Waals surface area (Å²) in [6.45, 7) is 2.63. The molecule has 0 fully saturated rings. The fraction of sp³-hybridized carbons (Fsp3) is 0.167. The molecule has 0 spiro atoms. The van der Waals surface area contributed by atoms with Crippen LogP contribution in [-0.4, -0.2) is 10.1 Å². The van der Waals surface area contributed by atoms with E-state index in [4.69, 9.17) is 9.26 Å². The Balaban J connectivity index is 1.41. The highest BCUT2D eigenvalue weighted by molar-refractivity contribution is 5.33. The summed E-state index contributed by atoms with van der Waals surface area (Å²) < 4.78 is 23.9. The highest BCUT2D eigenvalue weighted by Gasteiger charge is 2.15. The van der Waals surface area contributed by atoms with Gasteiger partial charge in [-0.1, -0.05) is 65.3 Å². The van der Waals surface area contributed by atoms with Gasteiger partial charge in [-0.3, -0.25) is 5.32 Å². The van der Waals surface area contributed by atoms with Gasteiger partial charge in [0.1, 0.15) is 11.6 Å². The molecule has 1 atom stereocenters. The molecule has 0 aliphatic heterocycles. The van der Waals surface area contributed by atoms with Crippen LogP contribution < -0.4 is 10.1 Å². The number of aryl methyl sites for hydroxylation is 1. The fourth-order valence-corrected chi connectivity index (χ4v) is 3.12. The standard InChI is InChI=1S/C24H22FN3O2/c1-17-7-9-19(10-8-17)24(18-5-3-2-4-6-18)26-15-23-27-22(28-30-23)16-29-21-13-11-20(25)12-14-21/h2-14,24,26H,15-16H2,1H3. The van der Waals surface area contributed by atoms with Gasteiger partial charge in [-0.2, -0.15) is 4.98 Å². The second-order valence-corrected chi connectivity index (χ2v) is 6.98. The van der Waals surface area contributed by atoms with E-state index in [1.54, 1.807) is 12.1 Å². The van der Waals surface area contributed by atoms with Gasteiger partial charge in [-0.25, -0.2) is 4.39 Å². The minimum Gasteiger partial charge on any atom is -0.485 e. The van der Waals surface area contributed by atoms with Gasteiger partial charge in [0.25, 0.3) is 0 Å². The van der Waals surface area contributed by atoms with Crippen LogP contribution in [0, 0.1) is 12.7 Å². The second-order valence-electron chi connectivity index (χ2n) is 6.98. The number of hydrogen-bond acceptors (Lipinski definition) is 5. The SMILES string of the molecule is Cc1ccc(C(NCc2nc(COc3ccc(F)cc3)no2)c2ccccc2)cc1. The Labute approximate surface area is 174 Å². The molecule has 3 aromatic carbocycles. The molecular weight excluding hydrogens is 381 g/mol. The molecule has 152 valence electrons. The molecule has 1 unspecified atom stereocenters. The summed E-state index contributed by atoms with van der Waals surface area (Å²) in [4.78, 5) is 4.38. The molecule has 5 nitrogen and oxygen atoms in total. The molecule has 1 aromatic heterocycles. The van der Waals surface area contributed by atoms with Crippen LogP contribution in [0.15, 0.2) is 83.4 Å². The third-order valence-corrected chi connectivity index (χ3v) is 4.69. The van der Waals surface area contributed by atoms with E-state index in [1.807, 2.05) is 18.2 Å². The zero-order chi connectivity index (χ0) is 20.8. The molecule has 0 saturated carbocycles. The number of rotatable bonds is 8. The zero-order valence-electron chi connectivity index (χ0n) is 16.6. The third kappa shape index (κ3) is 5.10. The van der Waals surface area contributed by atoms with Crippen molar-refractivity contribution in [3.05, 3.63) is 113 Å². The molecule has 0 aliphatic carbocycles. The summed E-state index contributed by atoms with van der Waals surface area (Å²) >= 11 is 0. The summed E-state index contributed by atoms with van der Waals surface area (Å²) in [5.41, 5.74) is 3.53. The van der Waals surface area contributed by atoms with E-state index in [1.165, 1.54) is 17.7 Å². The molecule has 1 heterocycles. The normalized spacial score (nSPS) is 11.9. The van der Waals surface area contributed by atoms with Gasteiger partial charge < -0.3 is 9.26 Å². The maximum atomic E-state index is 13.0. The van der Waals surface area contributed by atoms with E-state index in [2.05, 4.69) is 58.8 Å². The number of aromatic nitrogens is 2. The Bertz CT molecular complexity index is 1060. The minimum absolute atomic E-state index is 0.00221. The summed E-state index contributed by atoms with van der Waals surface area (Å²) in [5, 5.41) is 7.46. The van der Waals surface area contributed by atoms with E-state index < -0.39 is 0 Å². The van der Waals surface area contributed by atoms with E-state index in [9.17, 15) is 4.39 Å². The monoisotopic (exact) mass is 403 g/mol. The number of halogens is 1. The lowest BCUT2D eigenvalue weighted by molar-refractivity contribution is 0.284. The van der Waals surface area contributed by atoms with Gasteiger partial charge in [0.05, 0.1) is 12.6 Å². The summed E-state index contributed by atoms with van der Waals surface area (Å²) in [5.74, 6) is 1.14. The first-order valence-electron chi connectivity index (χ1n) is 9.72. The highest BCUT2D eigenvalue weighted by atomic mass is 19.1. The summed E-state index contributed by atoms with van der Waals surface area (Å²) in [6, 6.07) is 24.5. The van der Waals surface area contributed by atoms with Crippen LogP contribution >= 0.6 is 0 Å². The Kier molecular flexibility index (Phi) is 6.15. The van der Waals surface area contributed by atoms with Gasteiger partial charge in [0.2, 0.25) is 11.7 Å². The van der Waals surface area contributed by atoms with Crippen LogP contribution in [0.5, 0.6) is 5.75 Å². The average Bonchev–Trinajstić information content (AvgIpc) is 3.23. The van der Waals surface area contributed by atoms with Crippen molar-refractivity contribution < 1.29 is 13.7 Å². The number of nitrogens with one attached hydrogen (secondary N) is 1. The Morgan fingerprint density at radius 1 is 0.933 bits per heavy atom. The van der Waals surface area contributed by atoms with Crippen molar-refractivity contribution in [1.29, 1.82) is 0 Å². The van der Waals surface area contributed by atoms with Crippen LogP contribution in [0.25, 0.3) is 0 Å². The van der Waals surface area contributed by atoms with E-state index in [-0.39, 0.29) is 18.5 Å². The summed E-state index contributed by atoms with van der Waals surface area (Å²) in [6.07, 6.45) is 0. The molecule has 4 aromatic rings. The van der Waals surface area contributed by atoms with Gasteiger partial charge in [0, 0.05) is 0 Å². The first-order chi connectivity index (χ1) is 14.7. The van der Waals surface area contributed by atoms with Crippen molar-refractivity contribution >= 4 is 0 Å². The average molecular weight is 403 g/mol. The van der Waals surface area contributed by atoms with Gasteiger partial charge >= 0.3 is 0 Å². The first-order valence-corrected chi connectivity index (χ1v) is 9.72. The number of nitrogens with zero attached hydrogens (tertiary/aromatic N) is 2. The van der Waals surface area contributed by atoms with E-state index in [0.717, 1.165) is 11.1 Å². The molecular formula is C24H22FN3O2. The number of benzene rings is 3. The highest BCUT2D eigenvalue weighted by Crippen LogP contribution is 2.23. The second kappa shape index (κ2) is 9.33. The van der Waals surface area contributed by atoms with Crippen LogP contribution in [0.3, 0.4) is 0 Å². The first kappa shape index (κ1) is 19.8. The van der Waals surface area contributed by atoms with Crippen LogP contribution in [0.2, 0.25) is 0 Å². The third-order valence-electron chi connectivity index (χ3n) is 4.69. The molecule has 1 N–H and O–H groups in total. The van der Waals surface area contributed by atoms with Crippen molar-refractivity contribution in [2.75, 3.05) is 0 Å². The molecule has 0 aliphatic rings. The van der Waals surface area contributed by atoms with E-state index >= 15 is 0 Å². The van der Waals surface area contributed by atoms with Gasteiger partial charge in [-0.05, 0) is 42.3 Å². The fourth-order valence-electron chi connectivity index (χ4n) is 3.12. The van der Waals surface area contributed by atoms with Gasteiger partial charge in [-0.15, -0.1) is 0 Å². The molecule has 30 heavy (non-hydrogen) atoms. The minimum atomic E-state index is -0.309. The molecule has 0 bridgehead atoms. The van der Waals surface area contributed by atoms with Crippen molar-refractivity contribution in [3.63, 3.8) is 0 Å². The molecule has 0 radical (unpaired) electrons. The lowest BCUT2D eigenvalue weighted by Gasteiger charge is -2.19. The number of hydrogen-bond donors (Lipinski definition) is 1. The van der Waals surface area contributed by atoms with Crippen molar-refractivity contribution in [2.24, 2.45) is 0 Å². The zero-order valence-corrected chi connectivity index (χ0v) is 16.6. The molecule has 0 saturated heterocycles. The maximum Gasteiger partial charge on any atom is 0.240 e. The molecule has 6 heteroatoms. The lowest BCUT2D eigenvalue weighted by Crippen LogP contribution is -2.22. The Morgan fingerprint density at radius 2 is 1.63 bits per heavy atom. The lowest BCUT2D eigenvalue weighted by atomic mass is 9.98. The Hall–Kier alpha value is -3.51. The van der Waals surface area contributed by atoms with Crippen LogP contribution in [0.1, 0.15) is 34.4 Å². The summed E-state index contributed by atoms with van der Waals surface area (Å²) in [7, 11) is 0.